The Morgan fingerprint density at radius 2 is 2.10 bits per heavy atom. The molecule has 4 nitrogen and oxygen atoms in total. The standard InChI is InChI=1S/C17H23N3O/c1-3-5-8-12-9-6-10-13-16(18)14(11-19-17(12)13)20-15(21)7-4-2/h6,9-11H,3-5,7-8H2,1-2H3,(H2,18,19)(H,20,21). The van der Waals surface area contributed by atoms with Gasteiger partial charge in [-0.1, -0.05) is 38.5 Å². The minimum atomic E-state index is -0.0208. The first-order valence-corrected chi connectivity index (χ1v) is 7.63. The molecular weight excluding hydrogens is 262 g/mol. The molecule has 0 aliphatic rings. The molecular formula is C17H23N3O. The second-order valence-corrected chi connectivity index (χ2v) is 5.30. The van der Waals surface area contributed by atoms with Crippen LogP contribution in [0.15, 0.2) is 24.4 Å². The topological polar surface area (TPSA) is 68.0 Å². The fraction of sp³-hybridized carbons (Fsp3) is 0.412. The molecule has 2 rings (SSSR count). The number of para-hydroxylation sites is 1. The number of hydrogen-bond donors (Lipinski definition) is 2. The van der Waals surface area contributed by atoms with Gasteiger partial charge in [-0.15, -0.1) is 0 Å². The second-order valence-electron chi connectivity index (χ2n) is 5.30. The number of carbonyl (C=O) groups excluding carboxylic acids is 1. The Bertz CT molecular complexity index is 637. The first kappa shape index (κ1) is 15.3. The van der Waals surface area contributed by atoms with Gasteiger partial charge in [0.15, 0.2) is 0 Å². The number of nitrogens with zero attached hydrogens (tertiary/aromatic N) is 1. The smallest absolute Gasteiger partial charge is 0.224 e. The summed E-state index contributed by atoms with van der Waals surface area (Å²) in [7, 11) is 0. The van der Waals surface area contributed by atoms with E-state index in [2.05, 4.69) is 23.3 Å². The number of nitrogen functional groups attached to an aromatic ring is 1. The van der Waals surface area contributed by atoms with Crippen molar-refractivity contribution in [1.82, 2.24) is 4.98 Å². The lowest BCUT2D eigenvalue weighted by atomic mass is 10.0. The van der Waals surface area contributed by atoms with Crippen LogP contribution in [0, 0.1) is 0 Å². The number of aromatic nitrogens is 1. The first-order chi connectivity index (χ1) is 10.2. The zero-order valence-electron chi connectivity index (χ0n) is 12.8. The number of anilines is 2. The van der Waals surface area contributed by atoms with Gasteiger partial charge in [-0.25, -0.2) is 0 Å². The van der Waals surface area contributed by atoms with Crippen LogP contribution in [0.4, 0.5) is 11.4 Å². The van der Waals surface area contributed by atoms with Crippen molar-refractivity contribution in [2.24, 2.45) is 0 Å². The maximum Gasteiger partial charge on any atom is 0.224 e. The summed E-state index contributed by atoms with van der Waals surface area (Å²) in [6, 6.07) is 6.06. The van der Waals surface area contributed by atoms with E-state index in [-0.39, 0.29) is 5.91 Å². The number of unbranched alkanes of at least 4 members (excludes halogenated alkanes) is 1. The van der Waals surface area contributed by atoms with Crippen LogP contribution in [0.3, 0.4) is 0 Å². The minimum Gasteiger partial charge on any atom is -0.396 e. The monoisotopic (exact) mass is 285 g/mol. The summed E-state index contributed by atoms with van der Waals surface area (Å²) in [5.41, 5.74) is 9.57. The summed E-state index contributed by atoms with van der Waals surface area (Å²) in [6.45, 7) is 4.15. The largest absolute Gasteiger partial charge is 0.396 e. The van der Waals surface area contributed by atoms with Gasteiger partial charge < -0.3 is 11.1 Å². The van der Waals surface area contributed by atoms with Crippen molar-refractivity contribution in [2.75, 3.05) is 11.1 Å². The van der Waals surface area contributed by atoms with Gasteiger partial charge >= 0.3 is 0 Å². The van der Waals surface area contributed by atoms with Crippen LogP contribution in [0.1, 0.15) is 45.1 Å². The lowest BCUT2D eigenvalue weighted by Crippen LogP contribution is -2.12. The van der Waals surface area contributed by atoms with Crippen LogP contribution in [0.5, 0.6) is 0 Å². The number of carbonyl (C=O) groups is 1. The molecule has 0 atom stereocenters. The summed E-state index contributed by atoms with van der Waals surface area (Å²) in [5.74, 6) is -0.0208. The maximum absolute atomic E-state index is 11.7. The van der Waals surface area contributed by atoms with Crippen LogP contribution in [-0.4, -0.2) is 10.9 Å². The van der Waals surface area contributed by atoms with E-state index in [4.69, 9.17) is 5.73 Å². The predicted octanol–water partition coefficient (Wildman–Crippen LogP) is 3.90. The molecule has 112 valence electrons. The lowest BCUT2D eigenvalue weighted by molar-refractivity contribution is -0.116. The van der Waals surface area contributed by atoms with E-state index in [1.54, 1.807) is 6.20 Å². The summed E-state index contributed by atoms with van der Waals surface area (Å²) in [5, 5.41) is 3.75. The Hall–Kier alpha value is -2.10. The summed E-state index contributed by atoms with van der Waals surface area (Å²) < 4.78 is 0. The van der Waals surface area contributed by atoms with Gasteiger partial charge in [0.2, 0.25) is 5.91 Å². The molecule has 0 aliphatic heterocycles. The summed E-state index contributed by atoms with van der Waals surface area (Å²) in [4.78, 5) is 16.2. The molecule has 21 heavy (non-hydrogen) atoms. The average molecular weight is 285 g/mol. The molecule has 0 saturated heterocycles. The van der Waals surface area contributed by atoms with Crippen molar-refractivity contribution in [3.63, 3.8) is 0 Å². The minimum absolute atomic E-state index is 0.0208. The number of nitrogens with two attached hydrogens (primary N) is 1. The number of benzene rings is 1. The number of fused-ring (bicyclic) bond motifs is 1. The molecule has 2 aromatic rings. The Labute approximate surface area is 125 Å². The average Bonchev–Trinajstić information content (AvgIpc) is 2.48. The highest BCUT2D eigenvalue weighted by Gasteiger charge is 2.10. The van der Waals surface area contributed by atoms with Gasteiger partial charge in [0.05, 0.1) is 23.1 Å². The molecule has 1 amide bonds. The van der Waals surface area contributed by atoms with Gasteiger partial charge in [0.1, 0.15) is 0 Å². The van der Waals surface area contributed by atoms with Crippen LogP contribution in [0.25, 0.3) is 10.9 Å². The molecule has 0 fully saturated rings. The molecule has 1 heterocycles. The van der Waals surface area contributed by atoms with Gasteiger partial charge in [0, 0.05) is 11.8 Å². The Morgan fingerprint density at radius 1 is 1.29 bits per heavy atom. The van der Waals surface area contributed by atoms with Crippen molar-refractivity contribution in [1.29, 1.82) is 0 Å². The molecule has 1 aromatic carbocycles. The first-order valence-electron chi connectivity index (χ1n) is 7.63. The van der Waals surface area contributed by atoms with Crippen LogP contribution < -0.4 is 11.1 Å². The fourth-order valence-corrected chi connectivity index (χ4v) is 2.41. The Balaban J connectivity index is 2.36. The maximum atomic E-state index is 11.7. The van der Waals surface area contributed by atoms with Crippen molar-refractivity contribution >= 4 is 28.2 Å². The number of pyridine rings is 1. The van der Waals surface area contributed by atoms with Crippen molar-refractivity contribution in [3.05, 3.63) is 30.0 Å². The number of hydrogen-bond acceptors (Lipinski definition) is 3. The molecule has 3 N–H and O–H groups in total. The van der Waals surface area contributed by atoms with Gasteiger partial charge in [-0.2, -0.15) is 0 Å². The zero-order chi connectivity index (χ0) is 15.2. The van der Waals surface area contributed by atoms with Gasteiger partial charge in [-0.3, -0.25) is 9.78 Å². The van der Waals surface area contributed by atoms with Crippen LogP contribution in [-0.2, 0) is 11.2 Å². The van der Waals surface area contributed by atoms with Gasteiger partial charge in [0.25, 0.3) is 0 Å². The van der Waals surface area contributed by atoms with E-state index in [9.17, 15) is 4.79 Å². The quantitative estimate of drug-likeness (QED) is 0.845. The molecule has 0 spiro atoms. The predicted molar refractivity (Wildman–Crippen MR) is 88.3 cm³/mol. The third-order valence-electron chi connectivity index (χ3n) is 3.57. The molecule has 0 unspecified atom stereocenters. The Morgan fingerprint density at radius 3 is 2.81 bits per heavy atom. The molecule has 0 saturated carbocycles. The zero-order valence-corrected chi connectivity index (χ0v) is 12.8. The van der Waals surface area contributed by atoms with E-state index < -0.39 is 0 Å². The number of nitrogens with one attached hydrogen (secondary N) is 1. The van der Waals surface area contributed by atoms with Crippen molar-refractivity contribution in [3.8, 4) is 0 Å². The molecule has 0 radical (unpaired) electrons. The van der Waals surface area contributed by atoms with Crippen LogP contribution in [0.2, 0.25) is 0 Å². The number of aryl methyl sites for hydroxylation is 1. The highest BCUT2D eigenvalue weighted by atomic mass is 16.1. The Kier molecular flexibility index (Phi) is 5.14. The highest BCUT2D eigenvalue weighted by Crippen LogP contribution is 2.29. The van der Waals surface area contributed by atoms with E-state index >= 15 is 0 Å². The van der Waals surface area contributed by atoms with E-state index in [1.165, 1.54) is 5.56 Å². The third-order valence-corrected chi connectivity index (χ3v) is 3.57. The van der Waals surface area contributed by atoms with E-state index in [0.29, 0.717) is 17.8 Å². The van der Waals surface area contributed by atoms with Crippen molar-refractivity contribution in [2.45, 2.75) is 46.0 Å². The molecule has 0 bridgehead atoms. The lowest BCUT2D eigenvalue weighted by Gasteiger charge is -2.12. The highest BCUT2D eigenvalue weighted by molar-refractivity contribution is 6.02. The third kappa shape index (κ3) is 3.51. The fourth-order valence-electron chi connectivity index (χ4n) is 2.41. The SMILES string of the molecule is CCCCc1cccc2c(N)c(NC(=O)CCC)cnc12. The summed E-state index contributed by atoms with van der Waals surface area (Å²) in [6.07, 6.45) is 6.26. The van der Waals surface area contributed by atoms with Crippen LogP contribution >= 0.6 is 0 Å². The summed E-state index contributed by atoms with van der Waals surface area (Å²) >= 11 is 0. The number of rotatable bonds is 6. The van der Waals surface area contributed by atoms with Crippen molar-refractivity contribution < 1.29 is 4.79 Å². The van der Waals surface area contributed by atoms with Gasteiger partial charge in [-0.05, 0) is 24.8 Å². The molecule has 0 aliphatic carbocycles. The number of amides is 1. The normalized spacial score (nSPS) is 10.8. The van der Waals surface area contributed by atoms with E-state index in [1.807, 2.05) is 19.1 Å². The van der Waals surface area contributed by atoms with E-state index in [0.717, 1.165) is 36.6 Å². The molecule has 1 aromatic heterocycles. The molecule has 4 heteroatoms. The second kappa shape index (κ2) is 7.07.